The van der Waals surface area contributed by atoms with Gasteiger partial charge in [0.2, 0.25) is 0 Å². The van der Waals surface area contributed by atoms with Crippen molar-refractivity contribution in [1.82, 2.24) is 0 Å². The van der Waals surface area contributed by atoms with Gasteiger partial charge in [-0.15, -0.1) is 12.6 Å². The largest absolute Gasteiger partial charge is 0.287 e. The molecule has 0 saturated heterocycles. The third kappa shape index (κ3) is 0.214. The SMILES string of the molecule is O=C(S)C12CC3C4C3C1C42. The molecular formula is C8H8OS. The van der Waals surface area contributed by atoms with Gasteiger partial charge in [0.05, 0.1) is 0 Å². The maximum absolute atomic E-state index is 11.1. The topological polar surface area (TPSA) is 17.1 Å². The van der Waals surface area contributed by atoms with Gasteiger partial charge in [-0.05, 0) is 36.0 Å². The van der Waals surface area contributed by atoms with Crippen LogP contribution in [0.3, 0.4) is 0 Å². The van der Waals surface area contributed by atoms with E-state index >= 15 is 0 Å². The van der Waals surface area contributed by atoms with Crippen LogP contribution in [0.5, 0.6) is 0 Å². The van der Waals surface area contributed by atoms with Crippen molar-refractivity contribution in [1.29, 1.82) is 0 Å². The Labute approximate surface area is 64.6 Å². The van der Waals surface area contributed by atoms with Crippen molar-refractivity contribution < 1.29 is 4.79 Å². The minimum Gasteiger partial charge on any atom is -0.287 e. The molecule has 0 spiro atoms. The van der Waals surface area contributed by atoms with Crippen molar-refractivity contribution in [2.45, 2.75) is 6.42 Å². The highest BCUT2D eigenvalue weighted by atomic mass is 32.1. The smallest absolute Gasteiger partial charge is 0.192 e. The predicted molar refractivity (Wildman–Crippen MR) is 38.5 cm³/mol. The van der Waals surface area contributed by atoms with Crippen LogP contribution in [0.1, 0.15) is 6.42 Å². The molecule has 4 unspecified atom stereocenters. The molecule has 5 aliphatic carbocycles. The molecule has 5 rings (SSSR count). The van der Waals surface area contributed by atoms with Gasteiger partial charge in [-0.3, -0.25) is 4.79 Å². The summed E-state index contributed by atoms with van der Waals surface area (Å²) < 4.78 is 0. The lowest BCUT2D eigenvalue weighted by atomic mass is 10.0. The average Bonchev–Trinajstić information content (AvgIpc) is 2.43. The number of carbonyl (C=O) groups is 1. The van der Waals surface area contributed by atoms with E-state index in [2.05, 4.69) is 12.6 Å². The summed E-state index contributed by atoms with van der Waals surface area (Å²) >= 11 is 3.98. The zero-order chi connectivity index (χ0) is 6.67. The van der Waals surface area contributed by atoms with Gasteiger partial charge in [-0.25, -0.2) is 0 Å². The van der Waals surface area contributed by atoms with Gasteiger partial charge in [0.15, 0.2) is 5.12 Å². The van der Waals surface area contributed by atoms with Crippen LogP contribution >= 0.6 is 12.6 Å². The minimum absolute atomic E-state index is 0.156. The van der Waals surface area contributed by atoms with Gasteiger partial charge >= 0.3 is 0 Å². The lowest BCUT2D eigenvalue weighted by Crippen LogP contribution is -2.08. The lowest BCUT2D eigenvalue weighted by molar-refractivity contribution is -0.115. The summed E-state index contributed by atoms with van der Waals surface area (Å²) in [6.07, 6.45) is 1.21. The standard InChI is InChI=1S/C8H8OS/c9-7(10)8-1-2-3-4(2)6(8)5(3)8/h2-6H,1H2,(H,9,10). The molecule has 5 saturated carbocycles. The van der Waals surface area contributed by atoms with E-state index in [9.17, 15) is 4.79 Å². The summed E-state index contributed by atoms with van der Waals surface area (Å²) in [7, 11) is 0. The van der Waals surface area contributed by atoms with Crippen molar-refractivity contribution in [3.63, 3.8) is 0 Å². The predicted octanol–water partition coefficient (Wildman–Crippen LogP) is 0.955. The molecular weight excluding hydrogens is 144 g/mol. The molecule has 0 heterocycles. The molecule has 0 aromatic rings. The molecule has 0 aromatic heterocycles. The zero-order valence-electron chi connectivity index (χ0n) is 5.45. The van der Waals surface area contributed by atoms with E-state index < -0.39 is 0 Å². The van der Waals surface area contributed by atoms with Crippen LogP contribution in [-0.4, -0.2) is 5.12 Å². The summed E-state index contributed by atoms with van der Waals surface area (Å²) in [5, 5.41) is 0.204. The Balaban J connectivity index is 1.93. The summed E-state index contributed by atoms with van der Waals surface area (Å²) in [5.41, 5.74) is 0.156. The highest BCUT2D eigenvalue weighted by Gasteiger charge is 2.96. The van der Waals surface area contributed by atoms with Gasteiger partial charge in [0.1, 0.15) is 0 Å². The lowest BCUT2D eigenvalue weighted by Gasteiger charge is -2.02. The second kappa shape index (κ2) is 0.927. The Morgan fingerprint density at radius 1 is 1.40 bits per heavy atom. The molecule has 52 valence electrons. The molecule has 5 aliphatic rings. The molecule has 4 atom stereocenters. The molecule has 2 bridgehead atoms. The van der Waals surface area contributed by atoms with Crippen molar-refractivity contribution in [2.75, 3.05) is 0 Å². The van der Waals surface area contributed by atoms with Crippen LogP contribution in [-0.2, 0) is 4.79 Å². The molecule has 0 N–H and O–H groups in total. The molecule has 2 heteroatoms. The van der Waals surface area contributed by atoms with Gasteiger partial charge in [0, 0.05) is 5.41 Å². The maximum atomic E-state index is 11.1. The Morgan fingerprint density at radius 3 is 2.20 bits per heavy atom. The number of rotatable bonds is 1. The van der Waals surface area contributed by atoms with Gasteiger partial charge in [0.25, 0.3) is 0 Å². The first kappa shape index (κ1) is 4.81. The van der Waals surface area contributed by atoms with Gasteiger partial charge in [-0.2, -0.15) is 0 Å². The van der Waals surface area contributed by atoms with E-state index in [1.165, 1.54) is 6.42 Å². The minimum atomic E-state index is 0.156. The van der Waals surface area contributed by atoms with Crippen LogP contribution in [0.2, 0.25) is 0 Å². The van der Waals surface area contributed by atoms with Crippen molar-refractivity contribution in [2.24, 2.45) is 35.0 Å². The molecule has 10 heavy (non-hydrogen) atoms. The highest BCUT2D eigenvalue weighted by molar-refractivity contribution is 7.96. The Kier molecular flexibility index (Phi) is 0.446. The van der Waals surface area contributed by atoms with Gasteiger partial charge in [-0.1, -0.05) is 0 Å². The van der Waals surface area contributed by atoms with Crippen molar-refractivity contribution >= 4 is 17.7 Å². The first-order chi connectivity index (χ1) is 4.78. The number of thiol groups is 1. The quantitative estimate of drug-likeness (QED) is 0.554. The fraction of sp³-hybridized carbons (Fsp3) is 0.875. The first-order valence-electron chi connectivity index (χ1n) is 4.02. The van der Waals surface area contributed by atoms with Crippen LogP contribution in [0.25, 0.3) is 0 Å². The van der Waals surface area contributed by atoms with Gasteiger partial charge < -0.3 is 0 Å². The van der Waals surface area contributed by atoms with Crippen LogP contribution in [0, 0.1) is 35.0 Å². The number of hydrogen-bond acceptors (Lipinski definition) is 1. The van der Waals surface area contributed by atoms with E-state index in [1.807, 2.05) is 0 Å². The normalized spacial score (nSPS) is 77.9. The summed E-state index contributed by atoms with van der Waals surface area (Å²) in [6.45, 7) is 0. The fourth-order valence-corrected chi connectivity index (χ4v) is 4.66. The average molecular weight is 152 g/mol. The van der Waals surface area contributed by atoms with Crippen LogP contribution in [0.15, 0.2) is 0 Å². The van der Waals surface area contributed by atoms with Crippen LogP contribution in [0.4, 0.5) is 0 Å². The van der Waals surface area contributed by atoms with Crippen LogP contribution < -0.4 is 0 Å². The molecule has 1 nitrogen and oxygen atoms in total. The monoisotopic (exact) mass is 152 g/mol. The van der Waals surface area contributed by atoms with E-state index in [-0.39, 0.29) is 10.5 Å². The summed E-state index contributed by atoms with van der Waals surface area (Å²) in [6, 6.07) is 0. The summed E-state index contributed by atoms with van der Waals surface area (Å²) in [5.74, 6) is 4.63. The third-order valence-corrected chi connectivity index (χ3v) is 4.98. The third-order valence-electron chi connectivity index (χ3n) is 4.56. The zero-order valence-corrected chi connectivity index (χ0v) is 6.34. The number of hydrogen-bond donors (Lipinski definition) is 1. The first-order valence-corrected chi connectivity index (χ1v) is 4.46. The fourth-order valence-electron chi connectivity index (χ4n) is 4.27. The Bertz CT molecular complexity index is 250. The van der Waals surface area contributed by atoms with Crippen molar-refractivity contribution in [3.8, 4) is 0 Å². The molecule has 0 amide bonds. The maximum Gasteiger partial charge on any atom is 0.192 e. The second-order valence-electron chi connectivity index (χ2n) is 4.42. The van der Waals surface area contributed by atoms with E-state index in [0.29, 0.717) is 0 Å². The second-order valence-corrected chi connectivity index (χ2v) is 4.83. The Morgan fingerprint density at radius 2 is 2.00 bits per heavy atom. The van der Waals surface area contributed by atoms with Crippen molar-refractivity contribution in [3.05, 3.63) is 0 Å². The summed E-state index contributed by atoms with van der Waals surface area (Å²) in [4.78, 5) is 11.1. The van der Waals surface area contributed by atoms with E-state index in [0.717, 1.165) is 29.6 Å². The molecule has 0 radical (unpaired) electrons. The van der Waals surface area contributed by atoms with E-state index in [1.54, 1.807) is 0 Å². The Hall–Kier alpha value is 0.0200. The highest BCUT2D eigenvalue weighted by Crippen LogP contribution is 2.98. The number of carbonyl (C=O) groups excluding carboxylic acids is 1. The molecule has 5 fully saturated rings. The molecule has 0 aliphatic heterocycles. The molecule has 0 aromatic carbocycles. The van der Waals surface area contributed by atoms with E-state index in [4.69, 9.17) is 0 Å².